The molecule has 9 heteroatoms. The highest BCUT2D eigenvalue weighted by molar-refractivity contribution is 6.00. The summed E-state index contributed by atoms with van der Waals surface area (Å²) in [7, 11) is 0. The Morgan fingerprint density at radius 2 is 2.12 bits per heavy atom. The van der Waals surface area contributed by atoms with Gasteiger partial charge in [-0.05, 0) is 25.5 Å². The maximum Gasteiger partial charge on any atom is 0.404 e. The lowest BCUT2D eigenvalue weighted by molar-refractivity contribution is 0.0940. The van der Waals surface area contributed by atoms with Gasteiger partial charge in [-0.25, -0.2) is 14.8 Å². The van der Waals surface area contributed by atoms with E-state index in [1.165, 1.54) is 0 Å². The number of nitrogens with one attached hydrogen (secondary N) is 3. The molecule has 0 bridgehead atoms. The number of carboxylic acid groups (broad SMARTS) is 1. The zero-order valence-corrected chi connectivity index (χ0v) is 19.1. The second-order valence-corrected chi connectivity index (χ2v) is 8.21. The van der Waals surface area contributed by atoms with E-state index < -0.39 is 6.09 Å². The van der Waals surface area contributed by atoms with Crippen LogP contribution in [0.2, 0.25) is 0 Å². The van der Waals surface area contributed by atoms with Crippen LogP contribution < -0.4 is 15.5 Å². The number of hydrogen-bond donors (Lipinski definition) is 4. The zero-order valence-electron chi connectivity index (χ0n) is 19.1. The van der Waals surface area contributed by atoms with Gasteiger partial charge in [0.05, 0.1) is 16.8 Å². The summed E-state index contributed by atoms with van der Waals surface area (Å²) >= 11 is 0. The van der Waals surface area contributed by atoms with Crippen molar-refractivity contribution in [3.63, 3.8) is 0 Å². The highest BCUT2D eigenvalue weighted by atomic mass is 16.4. The first-order valence-corrected chi connectivity index (χ1v) is 11.1. The van der Waals surface area contributed by atoms with E-state index in [0.717, 1.165) is 34.6 Å². The van der Waals surface area contributed by atoms with Crippen LogP contribution in [0.25, 0.3) is 22.3 Å². The summed E-state index contributed by atoms with van der Waals surface area (Å²) in [4.78, 5) is 38.5. The van der Waals surface area contributed by atoms with E-state index in [1.807, 2.05) is 42.2 Å². The second-order valence-electron chi connectivity index (χ2n) is 8.21. The van der Waals surface area contributed by atoms with Gasteiger partial charge >= 0.3 is 6.09 Å². The fraction of sp³-hybridized carbons (Fsp3) is 0.280. The first kappa shape index (κ1) is 23.0. The predicted octanol–water partition coefficient (Wildman–Crippen LogP) is 3.60. The number of allylic oxidation sites excluding steroid dienone is 1. The summed E-state index contributed by atoms with van der Waals surface area (Å²) < 4.78 is 0. The van der Waals surface area contributed by atoms with Gasteiger partial charge in [0.1, 0.15) is 5.52 Å². The third-order valence-electron chi connectivity index (χ3n) is 5.90. The number of nitrogens with zero attached hydrogens (tertiary/aromatic N) is 3. The molecule has 2 aromatic heterocycles. The monoisotopic (exact) mass is 460 g/mol. The number of benzene rings is 1. The summed E-state index contributed by atoms with van der Waals surface area (Å²) in [6.45, 7) is 11.3. The summed E-state index contributed by atoms with van der Waals surface area (Å²) in [5.41, 5.74) is 5.35. The molecule has 2 amide bonds. The van der Waals surface area contributed by atoms with Crippen molar-refractivity contribution < 1.29 is 14.7 Å². The van der Waals surface area contributed by atoms with Crippen molar-refractivity contribution in [2.24, 2.45) is 0 Å². The lowest BCUT2D eigenvalue weighted by Crippen LogP contribution is -2.35. The zero-order chi connectivity index (χ0) is 24.2. The van der Waals surface area contributed by atoms with Crippen LogP contribution in [-0.2, 0) is 0 Å². The second kappa shape index (κ2) is 9.78. The lowest BCUT2D eigenvalue weighted by atomic mass is 9.94. The first-order chi connectivity index (χ1) is 16.4. The van der Waals surface area contributed by atoms with E-state index >= 15 is 0 Å². The number of aromatic amines is 1. The smallest absolute Gasteiger partial charge is 0.404 e. The Morgan fingerprint density at radius 3 is 2.85 bits per heavy atom. The van der Waals surface area contributed by atoms with Crippen molar-refractivity contribution in [1.82, 2.24) is 25.6 Å². The number of carbonyl (C=O) groups is 2. The Balaban J connectivity index is 1.78. The molecule has 4 N–H and O–H groups in total. The topological polar surface area (TPSA) is 123 Å². The fourth-order valence-electron chi connectivity index (χ4n) is 4.35. The van der Waals surface area contributed by atoms with Gasteiger partial charge < -0.3 is 25.6 Å². The van der Waals surface area contributed by atoms with Crippen LogP contribution in [0.15, 0.2) is 49.6 Å². The SMILES string of the molecule is C=CCC1CNC(=O)c2cc(-c3cccc4nc(C)c(N(CC=C)CCNC(=O)O)nc34)[nH]c21. The molecule has 1 aromatic carbocycles. The molecule has 0 saturated carbocycles. The van der Waals surface area contributed by atoms with Crippen LogP contribution in [0.1, 0.15) is 34.1 Å². The van der Waals surface area contributed by atoms with Gasteiger partial charge in [0.25, 0.3) is 5.91 Å². The number of aromatic nitrogens is 3. The van der Waals surface area contributed by atoms with E-state index in [2.05, 4.69) is 28.8 Å². The summed E-state index contributed by atoms with van der Waals surface area (Å²) in [5, 5.41) is 14.2. The molecule has 34 heavy (non-hydrogen) atoms. The average Bonchev–Trinajstić information content (AvgIpc) is 3.26. The molecule has 0 radical (unpaired) electrons. The number of fused-ring (bicyclic) bond motifs is 2. The van der Waals surface area contributed by atoms with Crippen LogP contribution in [0.5, 0.6) is 0 Å². The molecule has 4 rings (SSSR count). The number of H-pyrrole nitrogens is 1. The van der Waals surface area contributed by atoms with E-state index in [0.29, 0.717) is 36.5 Å². The molecule has 0 spiro atoms. The van der Waals surface area contributed by atoms with E-state index in [1.54, 1.807) is 6.08 Å². The molecule has 0 fully saturated rings. The van der Waals surface area contributed by atoms with E-state index in [4.69, 9.17) is 15.1 Å². The Kier molecular flexibility index (Phi) is 6.62. The van der Waals surface area contributed by atoms with Crippen molar-refractivity contribution >= 4 is 28.9 Å². The van der Waals surface area contributed by atoms with E-state index in [-0.39, 0.29) is 18.4 Å². The van der Waals surface area contributed by atoms with Gasteiger partial charge in [-0.2, -0.15) is 0 Å². The van der Waals surface area contributed by atoms with Crippen molar-refractivity contribution in [2.45, 2.75) is 19.3 Å². The molecule has 0 aliphatic carbocycles. The maximum absolute atomic E-state index is 12.5. The van der Waals surface area contributed by atoms with Crippen LogP contribution in [0.3, 0.4) is 0 Å². The molecular weight excluding hydrogens is 432 g/mol. The number of rotatable bonds is 9. The summed E-state index contributed by atoms with van der Waals surface area (Å²) in [6, 6.07) is 7.65. The highest BCUT2D eigenvalue weighted by Crippen LogP contribution is 2.34. The Morgan fingerprint density at radius 1 is 1.29 bits per heavy atom. The number of hydrogen-bond acceptors (Lipinski definition) is 5. The lowest BCUT2D eigenvalue weighted by Gasteiger charge is -2.24. The largest absolute Gasteiger partial charge is 0.465 e. The van der Waals surface area contributed by atoms with Gasteiger partial charge in [-0.3, -0.25) is 4.79 Å². The minimum Gasteiger partial charge on any atom is -0.465 e. The highest BCUT2D eigenvalue weighted by Gasteiger charge is 2.28. The number of amides is 2. The maximum atomic E-state index is 12.5. The van der Waals surface area contributed by atoms with Gasteiger partial charge in [0.15, 0.2) is 5.82 Å². The van der Waals surface area contributed by atoms with Gasteiger partial charge in [-0.1, -0.05) is 24.3 Å². The van der Waals surface area contributed by atoms with E-state index in [9.17, 15) is 9.59 Å². The van der Waals surface area contributed by atoms with Crippen LogP contribution in [-0.4, -0.2) is 58.2 Å². The number of carbonyl (C=O) groups excluding carboxylic acids is 1. The quantitative estimate of drug-likeness (QED) is 0.362. The number of para-hydroxylation sites is 1. The molecular formula is C25H28N6O3. The third kappa shape index (κ3) is 4.50. The molecule has 9 nitrogen and oxygen atoms in total. The van der Waals surface area contributed by atoms with Crippen molar-refractivity contribution in [1.29, 1.82) is 0 Å². The average molecular weight is 461 g/mol. The first-order valence-electron chi connectivity index (χ1n) is 11.1. The van der Waals surface area contributed by atoms with Gasteiger partial charge in [0, 0.05) is 49.0 Å². The molecule has 1 unspecified atom stereocenters. The predicted molar refractivity (Wildman–Crippen MR) is 132 cm³/mol. The molecule has 1 aliphatic rings. The summed E-state index contributed by atoms with van der Waals surface area (Å²) in [5.74, 6) is 0.706. The Labute approximate surface area is 197 Å². The van der Waals surface area contributed by atoms with Gasteiger partial charge in [0.2, 0.25) is 0 Å². The Hall–Kier alpha value is -4.14. The molecule has 0 saturated heterocycles. The number of aryl methyl sites for hydroxylation is 1. The molecule has 1 aliphatic heterocycles. The Bertz CT molecular complexity index is 1270. The van der Waals surface area contributed by atoms with Crippen molar-refractivity contribution in [3.05, 3.63) is 66.5 Å². The fourth-order valence-corrected chi connectivity index (χ4v) is 4.35. The molecule has 3 aromatic rings. The van der Waals surface area contributed by atoms with Crippen LogP contribution in [0.4, 0.5) is 10.6 Å². The molecule has 1 atom stereocenters. The van der Waals surface area contributed by atoms with Crippen LogP contribution in [0, 0.1) is 6.92 Å². The van der Waals surface area contributed by atoms with Crippen molar-refractivity contribution in [3.8, 4) is 11.3 Å². The molecule has 176 valence electrons. The number of anilines is 1. The standard InChI is InChI=1S/C25H28N6O3/c1-4-7-16-14-27-24(32)18-13-20(29-21(16)18)17-8-6-9-19-22(17)30-23(15(3)28-19)31(11-5-2)12-10-26-25(33)34/h4-6,8-9,13,16,26,29H,1-2,7,10-12,14H2,3H3,(H,27,32)(H,33,34). The normalized spacial score (nSPS) is 14.9. The minimum atomic E-state index is -1.07. The molecule has 3 heterocycles. The van der Waals surface area contributed by atoms with Crippen molar-refractivity contribution in [2.75, 3.05) is 31.1 Å². The minimum absolute atomic E-state index is 0.0937. The summed E-state index contributed by atoms with van der Waals surface area (Å²) in [6.07, 6.45) is 3.29. The van der Waals surface area contributed by atoms with Crippen LogP contribution >= 0.6 is 0 Å². The van der Waals surface area contributed by atoms with Gasteiger partial charge in [-0.15, -0.1) is 13.2 Å². The third-order valence-corrected chi connectivity index (χ3v) is 5.90.